The predicted octanol–water partition coefficient (Wildman–Crippen LogP) is 2.01. The molecule has 0 aliphatic carbocycles. The fourth-order valence-corrected chi connectivity index (χ4v) is 3.34. The number of ether oxygens (including phenoxy) is 1. The number of nitrogens with one attached hydrogen (secondary N) is 2. The van der Waals surface area contributed by atoms with Gasteiger partial charge in [0.15, 0.2) is 11.5 Å². The van der Waals surface area contributed by atoms with Gasteiger partial charge in [0.05, 0.1) is 22.5 Å². The van der Waals surface area contributed by atoms with E-state index in [0.717, 1.165) is 56.4 Å². The van der Waals surface area contributed by atoms with Crippen LogP contribution in [0, 0.1) is 0 Å². The lowest BCUT2D eigenvalue weighted by Gasteiger charge is -2.15. The molecule has 0 amide bonds. The molecular formula is C20H12N4O. The number of allylic oxidation sites excluding steroid dienone is 3. The topological polar surface area (TPSA) is 65.5 Å². The first-order valence-electron chi connectivity index (χ1n) is 8.10. The van der Waals surface area contributed by atoms with Crippen LogP contribution in [0.4, 0.5) is 0 Å². The van der Waals surface area contributed by atoms with Gasteiger partial charge in [-0.1, -0.05) is 0 Å². The lowest BCUT2D eigenvalue weighted by Crippen LogP contribution is -2.20. The number of aromatic amines is 2. The van der Waals surface area contributed by atoms with Gasteiger partial charge in [0.2, 0.25) is 0 Å². The number of fused-ring (bicyclic) bond motifs is 10. The van der Waals surface area contributed by atoms with Crippen molar-refractivity contribution in [2.24, 2.45) is 9.98 Å². The van der Waals surface area contributed by atoms with Crippen molar-refractivity contribution in [3.05, 3.63) is 82.0 Å². The van der Waals surface area contributed by atoms with Crippen molar-refractivity contribution in [2.45, 2.75) is 0 Å². The lowest BCUT2D eigenvalue weighted by atomic mass is 10.2. The molecule has 6 heterocycles. The average molecular weight is 324 g/mol. The maximum atomic E-state index is 6.24. The van der Waals surface area contributed by atoms with Gasteiger partial charge in [0, 0.05) is 11.0 Å². The van der Waals surface area contributed by atoms with Crippen molar-refractivity contribution < 1.29 is 4.74 Å². The van der Waals surface area contributed by atoms with Crippen LogP contribution in [-0.2, 0) is 4.74 Å². The molecule has 2 aromatic heterocycles. The number of aromatic nitrogens is 2. The van der Waals surface area contributed by atoms with Gasteiger partial charge in [-0.15, -0.1) is 0 Å². The Labute approximate surface area is 142 Å². The van der Waals surface area contributed by atoms with Crippen LogP contribution in [0.1, 0.15) is 11.4 Å². The molecule has 2 aromatic rings. The Bertz CT molecular complexity index is 1250. The highest BCUT2D eigenvalue weighted by Crippen LogP contribution is 2.33. The summed E-state index contributed by atoms with van der Waals surface area (Å²) in [7, 11) is 0. The minimum Gasteiger partial charge on any atom is -0.448 e. The van der Waals surface area contributed by atoms with Crippen LogP contribution in [0.3, 0.4) is 0 Å². The maximum Gasteiger partial charge on any atom is 0.176 e. The highest BCUT2D eigenvalue weighted by Gasteiger charge is 2.26. The Morgan fingerprint density at radius 3 is 2.80 bits per heavy atom. The van der Waals surface area contributed by atoms with E-state index in [1.165, 1.54) is 0 Å². The van der Waals surface area contributed by atoms with E-state index in [4.69, 9.17) is 4.74 Å². The summed E-state index contributed by atoms with van der Waals surface area (Å²) in [6.45, 7) is 0. The van der Waals surface area contributed by atoms with E-state index in [0.29, 0.717) is 0 Å². The third-order valence-electron chi connectivity index (χ3n) is 4.51. The molecule has 0 unspecified atom stereocenters. The molecule has 0 radical (unpaired) electrons. The Balaban J connectivity index is 1.70. The summed E-state index contributed by atoms with van der Waals surface area (Å²) in [5, 5.41) is 1.88. The molecule has 25 heavy (non-hydrogen) atoms. The molecule has 0 fully saturated rings. The summed E-state index contributed by atoms with van der Waals surface area (Å²) in [6.07, 6.45) is 12.0. The summed E-state index contributed by atoms with van der Waals surface area (Å²) in [5.41, 5.74) is 5.39. The first-order valence-corrected chi connectivity index (χ1v) is 8.10. The van der Waals surface area contributed by atoms with Gasteiger partial charge in [0.25, 0.3) is 0 Å². The van der Waals surface area contributed by atoms with Crippen LogP contribution >= 0.6 is 0 Å². The normalized spacial score (nSPS) is 19.2. The molecule has 0 spiro atoms. The van der Waals surface area contributed by atoms with Gasteiger partial charge in [-0.05, 0) is 60.7 Å². The zero-order valence-electron chi connectivity index (χ0n) is 13.1. The van der Waals surface area contributed by atoms with Crippen LogP contribution in [-0.4, -0.2) is 21.4 Å². The van der Waals surface area contributed by atoms with E-state index in [9.17, 15) is 0 Å². The smallest absolute Gasteiger partial charge is 0.176 e. The Morgan fingerprint density at radius 2 is 1.80 bits per heavy atom. The van der Waals surface area contributed by atoms with Gasteiger partial charge < -0.3 is 14.7 Å². The lowest BCUT2D eigenvalue weighted by molar-refractivity contribution is 0.467. The Kier molecular flexibility index (Phi) is 2.29. The second kappa shape index (κ2) is 4.48. The summed E-state index contributed by atoms with van der Waals surface area (Å²) >= 11 is 0. The van der Waals surface area contributed by atoms with E-state index >= 15 is 0 Å². The predicted molar refractivity (Wildman–Crippen MR) is 97.8 cm³/mol. The van der Waals surface area contributed by atoms with E-state index in [2.05, 4.69) is 20.0 Å². The van der Waals surface area contributed by atoms with E-state index in [-0.39, 0.29) is 0 Å². The fraction of sp³-hybridized carbons (Fsp3) is 0. The summed E-state index contributed by atoms with van der Waals surface area (Å²) in [5.74, 6) is 1.47. The Hall–Kier alpha value is -3.60. The van der Waals surface area contributed by atoms with E-state index in [1.807, 2.05) is 60.7 Å². The second-order valence-corrected chi connectivity index (χ2v) is 6.21. The number of rotatable bonds is 0. The highest BCUT2D eigenvalue weighted by atomic mass is 16.5. The third kappa shape index (κ3) is 1.89. The molecule has 10 bridgehead atoms. The zero-order valence-corrected chi connectivity index (χ0v) is 13.1. The molecule has 2 N–H and O–H groups in total. The zero-order chi connectivity index (χ0) is 16.4. The fourth-order valence-electron chi connectivity index (χ4n) is 3.34. The van der Waals surface area contributed by atoms with E-state index in [1.54, 1.807) is 0 Å². The van der Waals surface area contributed by atoms with Crippen molar-refractivity contribution in [2.75, 3.05) is 0 Å². The molecule has 0 saturated heterocycles. The minimum atomic E-state index is 0.737. The van der Waals surface area contributed by atoms with Gasteiger partial charge in [-0.25, -0.2) is 9.98 Å². The minimum absolute atomic E-state index is 0.737. The van der Waals surface area contributed by atoms with E-state index < -0.39 is 0 Å². The molecular weight excluding hydrogens is 312 g/mol. The van der Waals surface area contributed by atoms with Crippen molar-refractivity contribution in [1.82, 2.24) is 9.97 Å². The maximum absolute atomic E-state index is 6.24. The first-order chi connectivity index (χ1) is 12.3. The van der Waals surface area contributed by atoms with Crippen molar-refractivity contribution in [3.8, 4) is 0 Å². The molecule has 0 atom stereocenters. The van der Waals surface area contributed by atoms with Crippen LogP contribution in [0.5, 0.6) is 0 Å². The molecule has 5 heteroatoms. The van der Waals surface area contributed by atoms with Crippen molar-refractivity contribution in [3.63, 3.8) is 0 Å². The molecule has 0 aromatic carbocycles. The summed E-state index contributed by atoms with van der Waals surface area (Å²) < 4.78 is 6.24. The Morgan fingerprint density at radius 1 is 0.800 bits per heavy atom. The number of hydrogen-bond donors (Lipinski definition) is 2. The molecule has 6 rings (SSSR count). The number of aliphatic imine (C=N–C) groups is 2. The highest BCUT2D eigenvalue weighted by molar-refractivity contribution is 6.26. The monoisotopic (exact) mass is 324 g/mol. The number of nitrogens with zero attached hydrogens (tertiary/aromatic N) is 2. The largest absolute Gasteiger partial charge is 0.448 e. The third-order valence-corrected chi connectivity index (χ3v) is 4.51. The van der Waals surface area contributed by atoms with Crippen LogP contribution < -0.4 is 10.7 Å². The quantitative estimate of drug-likeness (QED) is 0.765. The van der Waals surface area contributed by atoms with Crippen molar-refractivity contribution in [1.29, 1.82) is 0 Å². The molecule has 5 nitrogen and oxygen atoms in total. The van der Waals surface area contributed by atoms with Crippen LogP contribution in [0.25, 0.3) is 23.7 Å². The van der Waals surface area contributed by atoms with Gasteiger partial charge >= 0.3 is 0 Å². The molecule has 4 aliphatic rings. The number of hydrogen-bond acceptors (Lipinski definition) is 3. The SMILES string of the molecule is C1=CC2=NC1=Cc1ccc([nH]1)C1=C3C=CC(=N3)C(=c3ccc([nH]3)=C2)O1. The van der Waals surface area contributed by atoms with Crippen LogP contribution in [0.15, 0.2) is 69.9 Å². The van der Waals surface area contributed by atoms with Gasteiger partial charge in [0.1, 0.15) is 11.4 Å². The van der Waals surface area contributed by atoms with Crippen molar-refractivity contribution >= 4 is 35.1 Å². The summed E-state index contributed by atoms with van der Waals surface area (Å²) in [6, 6.07) is 8.06. The van der Waals surface area contributed by atoms with Crippen LogP contribution in [0.2, 0.25) is 0 Å². The average Bonchev–Trinajstić information content (AvgIpc) is 3.38. The molecule has 0 saturated carbocycles. The summed E-state index contributed by atoms with van der Waals surface area (Å²) in [4.78, 5) is 16.1. The standard InChI is InChI=1S/C20H12N4O/c1-2-12-10-14-4-6-16(23-14)20-18-8-7-17(24-18)19(25-20)15-5-3-13(22-15)9-11(1)21-12/h1-10,22-23H. The first kappa shape index (κ1) is 12.8. The molecule has 118 valence electrons. The second-order valence-electron chi connectivity index (χ2n) is 6.21. The molecule has 4 aliphatic heterocycles. The number of H-pyrrole nitrogens is 2. The van der Waals surface area contributed by atoms with Gasteiger partial charge in [-0.2, -0.15) is 0 Å². The van der Waals surface area contributed by atoms with Gasteiger partial charge in [-0.3, -0.25) is 0 Å².